The number of fused-ring (bicyclic) bond motifs is 1. The molecule has 0 spiro atoms. The minimum atomic E-state index is -0.756. The second kappa shape index (κ2) is 6.04. The van der Waals surface area contributed by atoms with Gasteiger partial charge in [0, 0.05) is 36.4 Å². The molecule has 1 saturated heterocycles. The van der Waals surface area contributed by atoms with Crippen molar-refractivity contribution < 1.29 is 9.52 Å². The highest BCUT2D eigenvalue weighted by molar-refractivity contribution is 5.81. The third kappa shape index (κ3) is 2.72. The monoisotopic (exact) mass is 322 g/mol. The third-order valence-corrected chi connectivity index (χ3v) is 5.19. The zero-order chi connectivity index (χ0) is 16.6. The smallest absolute Gasteiger partial charge is 0.134 e. The Labute approximate surface area is 141 Å². The van der Waals surface area contributed by atoms with Crippen molar-refractivity contribution in [1.82, 2.24) is 9.88 Å². The average molecular weight is 322 g/mol. The van der Waals surface area contributed by atoms with Gasteiger partial charge in [0.1, 0.15) is 11.3 Å². The topological polar surface area (TPSA) is 49.5 Å². The molecule has 0 saturated carbocycles. The van der Waals surface area contributed by atoms with Gasteiger partial charge in [-0.3, -0.25) is 9.88 Å². The van der Waals surface area contributed by atoms with Crippen LogP contribution in [0.1, 0.15) is 29.7 Å². The van der Waals surface area contributed by atoms with Gasteiger partial charge in [-0.1, -0.05) is 24.3 Å². The normalized spacial score (nSPS) is 18.1. The quantitative estimate of drug-likeness (QED) is 0.800. The SMILES string of the molecule is Cc1c(CN2CCC(O)(c3cccnc3)CC2)oc2ccccc12. The Morgan fingerprint density at radius 1 is 1.17 bits per heavy atom. The van der Waals surface area contributed by atoms with Crippen LogP contribution >= 0.6 is 0 Å². The number of aromatic nitrogens is 1. The molecule has 0 amide bonds. The lowest BCUT2D eigenvalue weighted by atomic mass is 9.85. The number of hydrogen-bond acceptors (Lipinski definition) is 4. The summed E-state index contributed by atoms with van der Waals surface area (Å²) in [5, 5.41) is 12.1. The number of aliphatic hydroxyl groups is 1. The lowest BCUT2D eigenvalue weighted by Crippen LogP contribution is -2.42. The van der Waals surface area contributed by atoms with Crippen LogP contribution in [0.15, 0.2) is 53.2 Å². The molecular formula is C20H22N2O2. The summed E-state index contributed by atoms with van der Waals surface area (Å²) in [5.41, 5.74) is 2.34. The zero-order valence-corrected chi connectivity index (χ0v) is 13.9. The van der Waals surface area contributed by atoms with Crippen LogP contribution in [0.4, 0.5) is 0 Å². The molecule has 0 atom stereocenters. The number of para-hydroxylation sites is 1. The van der Waals surface area contributed by atoms with Crippen LogP contribution in [-0.4, -0.2) is 28.1 Å². The summed E-state index contributed by atoms with van der Waals surface area (Å²) < 4.78 is 6.02. The Hall–Kier alpha value is -2.17. The summed E-state index contributed by atoms with van der Waals surface area (Å²) in [7, 11) is 0. The van der Waals surface area contributed by atoms with E-state index in [1.165, 1.54) is 10.9 Å². The molecule has 4 rings (SSSR count). The second-order valence-corrected chi connectivity index (χ2v) is 6.70. The summed E-state index contributed by atoms with van der Waals surface area (Å²) in [4.78, 5) is 6.50. The molecule has 4 nitrogen and oxygen atoms in total. The maximum atomic E-state index is 10.9. The number of rotatable bonds is 3. The molecule has 4 heteroatoms. The minimum absolute atomic E-state index is 0.720. The minimum Gasteiger partial charge on any atom is -0.459 e. The van der Waals surface area contributed by atoms with Crippen molar-refractivity contribution in [3.63, 3.8) is 0 Å². The van der Waals surface area contributed by atoms with E-state index in [0.29, 0.717) is 0 Å². The molecule has 3 aromatic rings. The van der Waals surface area contributed by atoms with Gasteiger partial charge >= 0.3 is 0 Å². The molecule has 24 heavy (non-hydrogen) atoms. The molecule has 0 aliphatic carbocycles. The van der Waals surface area contributed by atoms with E-state index < -0.39 is 5.60 Å². The number of aryl methyl sites for hydroxylation is 1. The van der Waals surface area contributed by atoms with Crippen LogP contribution in [0.5, 0.6) is 0 Å². The van der Waals surface area contributed by atoms with Crippen LogP contribution < -0.4 is 0 Å². The third-order valence-electron chi connectivity index (χ3n) is 5.19. The highest BCUT2D eigenvalue weighted by atomic mass is 16.3. The molecule has 3 heterocycles. The van der Waals surface area contributed by atoms with Crippen molar-refractivity contribution in [1.29, 1.82) is 0 Å². The number of piperidine rings is 1. The van der Waals surface area contributed by atoms with Gasteiger partial charge in [-0.15, -0.1) is 0 Å². The molecule has 1 aliphatic heterocycles. The Bertz CT molecular complexity index is 833. The standard InChI is InChI=1S/C20H22N2O2/c1-15-17-6-2-3-7-18(17)24-19(15)14-22-11-8-20(23,9-12-22)16-5-4-10-21-13-16/h2-7,10,13,23H,8-9,11-12,14H2,1H3. The maximum absolute atomic E-state index is 10.9. The molecule has 0 radical (unpaired) electrons. The van der Waals surface area contributed by atoms with E-state index in [1.54, 1.807) is 12.4 Å². The van der Waals surface area contributed by atoms with Gasteiger partial charge < -0.3 is 9.52 Å². The van der Waals surface area contributed by atoms with E-state index >= 15 is 0 Å². The highest BCUT2D eigenvalue weighted by Crippen LogP contribution is 2.33. The van der Waals surface area contributed by atoms with Crippen molar-refractivity contribution in [2.45, 2.75) is 31.9 Å². The molecule has 124 valence electrons. The zero-order valence-electron chi connectivity index (χ0n) is 13.9. The van der Waals surface area contributed by atoms with Gasteiger partial charge in [0.05, 0.1) is 12.1 Å². The number of nitrogens with zero attached hydrogens (tertiary/aromatic N) is 2. The van der Waals surface area contributed by atoms with E-state index in [-0.39, 0.29) is 0 Å². The van der Waals surface area contributed by atoms with Crippen LogP contribution in [0, 0.1) is 6.92 Å². The molecule has 1 aromatic carbocycles. The number of benzene rings is 1. The molecule has 1 aliphatic rings. The number of hydrogen-bond donors (Lipinski definition) is 1. The van der Waals surface area contributed by atoms with E-state index in [9.17, 15) is 5.11 Å². The van der Waals surface area contributed by atoms with Crippen LogP contribution in [-0.2, 0) is 12.1 Å². The maximum Gasteiger partial charge on any atom is 0.134 e. The predicted molar refractivity (Wildman–Crippen MR) is 93.6 cm³/mol. The van der Waals surface area contributed by atoms with Gasteiger partial charge in [-0.05, 0) is 37.5 Å². The Morgan fingerprint density at radius 3 is 2.67 bits per heavy atom. The summed E-state index contributed by atoms with van der Waals surface area (Å²) in [6.07, 6.45) is 4.96. The average Bonchev–Trinajstić information content (AvgIpc) is 2.94. The first-order valence-electron chi connectivity index (χ1n) is 8.48. The van der Waals surface area contributed by atoms with Gasteiger partial charge in [0.25, 0.3) is 0 Å². The van der Waals surface area contributed by atoms with Crippen molar-refractivity contribution >= 4 is 11.0 Å². The number of pyridine rings is 1. The Kier molecular flexibility index (Phi) is 3.87. The summed E-state index contributed by atoms with van der Waals surface area (Å²) >= 11 is 0. The summed E-state index contributed by atoms with van der Waals surface area (Å²) in [6, 6.07) is 12.0. The summed E-state index contributed by atoms with van der Waals surface area (Å²) in [6.45, 7) is 4.62. The van der Waals surface area contributed by atoms with E-state index in [0.717, 1.165) is 49.4 Å². The Morgan fingerprint density at radius 2 is 1.96 bits per heavy atom. The van der Waals surface area contributed by atoms with E-state index in [4.69, 9.17) is 4.42 Å². The van der Waals surface area contributed by atoms with Crippen molar-refractivity contribution in [3.05, 3.63) is 65.7 Å². The fourth-order valence-corrected chi connectivity index (χ4v) is 3.59. The number of likely N-dealkylation sites (tertiary alicyclic amines) is 1. The second-order valence-electron chi connectivity index (χ2n) is 6.70. The Balaban J connectivity index is 1.47. The van der Waals surface area contributed by atoms with Gasteiger partial charge in [0.15, 0.2) is 0 Å². The molecule has 0 unspecified atom stereocenters. The van der Waals surface area contributed by atoms with E-state index in [2.05, 4.69) is 22.9 Å². The van der Waals surface area contributed by atoms with Crippen molar-refractivity contribution in [2.24, 2.45) is 0 Å². The van der Waals surface area contributed by atoms with Crippen LogP contribution in [0.25, 0.3) is 11.0 Å². The number of furan rings is 1. The van der Waals surface area contributed by atoms with Gasteiger partial charge in [0.2, 0.25) is 0 Å². The molecule has 0 bridgehead atoms. The molecular weight excluding hydrogens is 300 g/mol. The first kappa shape index (κ1) is 15.4. The first-order chi connectivity index (χ1) is 11.7. The molecule has 1 fully saturated rings. The van der Waals surface area contributed by atoms with Gasteiger partial charge in [-0.25, -0.2) is 0 Å². The van der Waals surface area contributed by atoms with Crippen LogP contribution in [0.2, 0.25) is 0 Å². The highest BCUT2D eigenvalue weighted by Gasteiger charge is 2.34. The largest absolute Gasteiger partial charge is 0.459 e. The lowest BCUT2D eigenvalue weighted by Gasteiger charge is -2.38. The predicted octanol–water partition coefficient (Wildman–Crippen LogP) is 3.62. The summed E-state index contributed by atoms with van der Waals surface area (Å²) in [5.74, 6) is 1.03. The fraction of sp³-hybridized carbons (Fsp3) is 0.350. The molecule has 2 aromatic heterocycles. The van der Waals surface area contributed by atoms with Crippen molar-refractivity contribution in [3.8, 4) is 0 Å². The lowest BCUT2D eigenvalue weighted by molar-refractivity contribution is -0.0291. The fourth-order valence-electron chi connectivity index (χ4n) is 3.59. The van der Waals surface area contributed by atoms with E-state index in [1.807, 2.05) is 30.3 Å². The van der Waals surface area contributed by atoms with Crippen LogP contribution in [0.3, 0.4) is 0 Å². The molecule has 1 N–H and O–H groups in total. The van der Waals surface area contributed by atoms with Crippen molar-refractivity contribution in [2.75, 3.05) is 13.1 Å². The first-order valence-corrected chi connectivity index (χ1v) is 8.48. The van der Waals surface area contributed by atoms with Gasteiger partial charge in [-0.2, -0.15) is 0 Å².